The van der Waals surface area contributed by atoms with Gasteiger partial charge in [0.15, 0.2) is 0 Å². The molecule has 0 unspecified atom stereocenters. The van der Waals surface area contributed by atoms with Gasteiger partial charge in [-0.1, -0.05) is 12.5 Å². The molecular formula is C19H25N3O2S. The van der Waals surface area contributed by atoms with E-state index in [1.807, 2.05) is 32.0 Å². The molecule has 25 heavy (non-hydrogen) atoms. The van der Waals surface area contributed by atoms with E-state index in [9.17, 15) is 8.42 Å². The van der Waals surface area contributed by atoms with E-state index in [0.29, 0.717) is 17.5 Å². The van der Waals surface area contributed by atoms with Gasteiger partial charge in [-0.3, -0.25) is 9.88 Å². The van der Waals surface area contributed by atoms with Gasteiger partial charge in [-0.05, 0) is 57.0 Å². The molecule has 0 saturated carbocycles. The molecule has 0 spiro atoms. The summed E-state index contributed by atoms with van der Waals surface area (Å²) < 4.78 is 28.7. The van der Waals surface area contributed by atoms with Crippen LogP contribution in [0.15, 0.2) is 35.4 Å². The van der Waals surface area contributed by atoms with Crippen LogP contribution in [0.2, 0.25) is 0 Å². The third-order valence-corrected chi connectivity index (χ3v) is 7.69. The van der Waals surface area contributed by atoms with Gasteiger partial charge in [0.2, 0.25) is 10.0 Å². The Morgan fingerprint density at radius 3 is 2.84 bits per heavy atom. The molecule has 4 rings (SSSR count). The van der Waals surface area contributed by atoms with Crippen LogP contribution in [-0.2, 0) is 10.0 Å². The average Bonchev–Trinajstić information content (AvgIpc) is 2.61. The molecule has 0 amide bonds. The van der Waals surface area contributed by atoms with Crippen molar-refractivity contribution < 1.29 is 8.42 Å². The predicted octanol–water partition coefficient (Wildman–Crippen LogP) is 2.79. The lowest BCUT2D eigenvalue weighted by atomic mass is 9.99. The van der Waals surface area contributed by atoms with E-state index in [-0.39, 0.29) is 6.04 Å². The summed E-state index contributed by atoms with van der Waals surface area (Å²) in [6.45, 7) is 6.51. The first-order chi connectivity index (χ1) is 12.0. The maximum atomic E-state index is 13.5. The van der Waals surface area contributed by atoms with Gasteiger partial charge in [0.25, 0.3) is 0 Å². The zero-order valence-electron chi connectivity index (χ0n) is 14.9. The fraction of sp³-hybridized carbons (Fsp3) is 0.526. The maximum Gasteiger partial charge on any atom is 0.244 e. The number of pyridine rings is 1. The number of rotatable bonds is 2. The van der Waals surface area contributed by atoms with Crippen molar-refractivity contribution >= 4 is 20.9 Å². The first-order valence-electron chi connectivity index (χ1n) is 9.09. The molecule has 1 aromatic carbocycles. The normalized spacial score (nSPS) is 25.8. The second-order valence-corrected chi connectivity index (χ2v) is 9.21. The van der Waals surface area contributed by atoms with Gasteiger partial charge in [-0.2, -0.15) is 4.31 Å². The molecule has 0 bridgehead atoms. The third kappa shape index (κ3) is 2.86. The van der Waals surface area contributed by atoms with Crippen LogP contribution in [0.3, 0.4) is 0 Å². The van der Waals surface area contributed by atoms with Gasteiger partial charge in [0.1, 0.15) is 0 Å². The zero-order chi connectivity index (χ0) is 17.6. The van der Waals surface area contributed by atoms with Gasteiger partial charge in [-0.15, -0.1) is 0 Å². The molecule has 3 heterocycles. The Kier molecular flexibility index (Phi) is 4.30. The van der Waals surface area contributed by atoms with Gasteiger partial charge in [-0.25, -0.2) is 8.42 Å². The summed E-state index contributed by atoms with van der Waals surface area (Å²) in [5, 5.41) is 0.723. The number of benzene rings is 1. The molecule has 2 saturated heterocycles. The molecule has 2 aliphatic heterocycles. The Bertz CT molecular complexity index is 897. The Labute approximate surface area is 149 Å². The molecule has 5 nitrogen and oxygen atoms in total. The molecule has 1 aromatic heterocycles. The fourth-order valence-corrected chi connectivity index (χ4v) is 6.14. The summed E-state index contributed by atoms with van der Waals surface area (Å²) in [4.78, 5) is 7.25. The van der Waals surface area contributed by atoms with Crippen LogP contribution in [0.5, 0.6) is 0 Å². The molecule has 2 fully saturated rings. The van der Waals surface area contributed by atoms with E-state index in [2.05, 4.69) is 9.88 Å². The third-order valence-electron chi connectivity index (χ3n) is 5.65. The molecule has 134 valence electrons. The molecule has 0 N–H and O–H groups in total. The maximum absolute atomic E-state index is 13.5. The highest BCUT2D eigenvalue weighted by atomic mass is 32.2. The fourth-order valence-electron chi connectivity index (χ4n) is 4.30. The first-order valence-corrected chi connectivity index (χ1v) is 10.5. The van der Waals surface area contributed by atoms with Gasteiger partial charge >= 0.3 is 0 Å². The number of sulfonamides is 1. The number of fused-ring (bicyclic) bond motifs is 2. The van der Waals surface area contributed by atoms with Crippen LogP contribution in [0.25, 0.3) is 10.9 Å². The summed E-state index contributed by atoms with van der Waals surface area (Å²) >= 11 is 0. The van der Waals surface area contributed by atoms with Crippen molar-refractivity contribution in [1.82, 2.24) is 14.2 Å². The second kappa shape index (κ2) is 6.34. The summed E-state index contributed by atoms with van der Waals surface area (Å²) in [5.41, 5.74) is 1.77. The number of piperidine rings is 1. The standard InChI is InChI=1S/C19H25N3O2S/c1-14-8-9-18(17-7-5-10-20-19(14)17)25(23,24)22-13-16-6-3-4-11-21(16)12-15(22)2/h5,7-10,15-16H,3-4,6,11-13H2,1-2H3/t15-,16-/m1/s1. The molecule has 6 heteroatoms. The van der Waals surface area contributed by atoms with E-state index in [4.69, 9.17) is 0 Å². The highest BCUT2D eigenvalue weighted by molar-refractivity contribution is 7.89. The number of nitrogens with zero attached hydrogens (tertiary/aromatic N) is 3. The Hall–Kier alpha value is -1.50. The van der Waals surface area contributed by atoms with E-state index in [1.165, 1.54) is 12.8 Å². The number of aryl methyl sites for hydroxylation is 1. The van der Waals surface area contributed by atoms with Crippen molar-refractivity contribution in [1.29, 1.82) is 0 Å². The lowest BCUT2D eigenvalue weighted by Gasteiger charge is -2.46. The molecule has 2 atom stereocenters. The highest BCUT2D eigenvalue weighted by Crippen LogP contribution is 2.32. The van der Waals surface area contributed by atoms with Crippen LogP contribution in [0, 0.1) is 6.92 Å². The topological polar surface area (TPSA) is 53.5 Å². The van der Waals surface area contributed by atoms with Gasteiger partial charge < -0.3 is 0 Å². The summed E-state index contributed by atoms with van der Waals surface area (Å²) in [5.74, 6) is 0. The SMILES string of the molecule is Cc1ccc(S(=O)(=O)N2C[C@H]3CCCCN3C[C@H]2C)c2cccnc12. The van der Waals surface area contributed by atoms with Crippen LogP contribution in [0.4, 0.5) is 0 Å². The van der Waals surface area contributed by atoms with Crippen LogP contribution >= 0.6 is 0 Å². The van der Waals surface area contributed by atoms with Gasteiger partial charge in [0, 0.05) is 36.8 Å². The number of aromatic nitrogens is 1. The quantitative estimate of drug-likeness (QED) is 0.827. The number of piperazine rings is 1. The Morgan fingerprint density at radius 1 is 1.16 bits per heavy atom. The number of hydrogen-bond donors (Lipinski definition) is 0. The minimum absolute atomic E-state index is 0.00706. The smallest absolute Gasteiger partial charge is 0.244 e. The molecule has 0 radical (unpaired) electrons. The van der Waals surface area contributed by atoms with Crippen molar-refractivity contribution in [3.63, 3.8) is 0 Å². The lowest BCUT2D eigenvalue weighted by Crippen LogP contribution is -2.59. The second-order valence-electron chi connectivity index (χ2n) is 7.35. The monoisotopic (exact) mass is 359 g/mol. The van der Waals surface area contributed by atoms with Crippen molar-refractivity contribution in [3.05, 3.63) is 36.0 Å². The van der Waals surface area contributed by atoms with Crippen LogP contribution < -0.4 is 0 Å². The molecule has 2 aliphatic rings. The van der Waals surface area contributed by atoms with Gasteiger partial charge in [0.05, 0.1) is 10.4 Å². The first kappa shape index (κ1) is 16.9. The van der Waals surface area contributed by atoms with E-state index < -0.39 is 10.0 Å². The van der Waals surface area contributed by atoms with Crippen molar-refractivity contribution in [2.24, 2.45) is 0 Å². The van der Waals surface area contributed by atoms with Crippen molar-refractivity contribution in [2.45, 2.75) is 50.1 Å². The van der Waals surface area contributed by atoms with Crippen molar-refractivity contribution in [2.75, 3.05) is 19.6 Å². The Morgan fingerprint density at radius 2 is 2.00 bits per heavy atom. The molecule has 0 aliphatic carbocycles. The van der Waals surface area contributed by atoms with E-state index >= 15 is 0 Å². The minimum atomic E-state index is -3.54. The zero-order valence-corrected chi connectivity index (χ0v) is 15.7. The predicted molar refractivity (Wildman–Crippen MR) is 99.0 cm³/mol. The Balaban J connectivity index is 1.76. The van der Waals surface area contributed by atoms with E-state index in [1.54, 1.807) is 16.6 Å². The van der Waals surface area contributed by atoms with Crippen LogP contribution in [0.1, 0.15) is 31.7 Å². The van der Waals surface area contributed by atoms with Crippen molar-refractivity contribution in [3.8, 4) is 0 Å². The molecule has 2 aromatic rings. The minimum Gasteiger partial charge on any atom is -0.297 e. The van der Waals surface area contributed by atoms with E-state index in [0.717, 1.165) is 36.0 Å². The summed E-state index contributed by atoms with van der Waals surface area (Å²) in [7, 11) is -3.54. The lowest BCUT2D eigenvalue weighted by molar-refractivity contribution is 0.0565. The summed E-state index contributed by atoms with van der Waals surface area (Å²) in [6.07, 6.45) is 5.23. The van der Waals surface area contributed by atoms with Crippen LogP contribution in [-0.4, -0.2) is 54.3 Å². The highest BCUT2D eigenvalue weighted by Gasteiger charge is 2.39. The average molecular weight is 359 g/mol. The number of hydrogen-bond acceptors (Lipinski definition) is 4. The summed E-state index contributed by atoms with van der Waals surface area (Å²) in [6, 6.07) is 7.63. The largest absolute Gasteiger partial charge is 0.297 e. The molecular weight excluding hydrogens is 334 g/mol.